The molecule has 1 aromatic heterocycles. The van der Waals surface area contributed by atoms with E-state index in [9.17, 15) is 5.26 Å². The minimum Gasteiger partial charge on any atom is -0.484 e. The number of nitrogens with one attached hydrogen (secondary N) is 1. The van der Waals surface area contributed by atoms with E-state index in [0.29, 0.717) is 16.3 Å². The standard InChI is InChI=1S/C18H16ClN3O/c1-2-3-17(12-4-5-14-11-21-22-16(14)8-12)23-18-9-15(19)7-6-13(18)10-20/h4-9,11,17H,2-3H2,1H3,(H,21,22). The Kier molecular flexibility index (Phi) is 4.50. The Bertz CT molecular complexity index is 866. The van der Waals surface area contributed by atoms with Crippen LogP contribution in [0.1, 0.15) is 37.0 Å². The number of aromatic nitrogens is 2. The van der Waals surface area contributed by atoms with E-state index in [4.69, 9.17) is 16.3 Å². The molecule has 1 N–H and O–H groups in total. The van der Waals surface area contributed by atoms with Crippen LogP contribution in [-0.4, -0.2) is 10.2 Å². The van der Waals surface area contributed by atoms with E-state index in [-0.39, 0.29) is 6.10 Å². The molecule has 4 nitrogen and oxygen atoms in total. The Balaban J connectivity index is 1.95. The van der Waals surface area contributed by atoms with Gasteiger partial charge in [-0.05, 0) is 30.2 Å². The molecule has 0 bridgehead atoms. The molecule has 3 rings (SSSR count). The number of aromatic amines is 1. The van der Waals surface area contributed by atoms with Gasteiger partial charge in [0.1, 0.15) is 17.9 Å². The molecule has 1 atom stereocenters. The van der Waals surface area contributed by atoms with Crippen molar-refractivity contribution in [1.82, 2.24) is 10.2 Å². The van der Waals surface area contributed by atoms with E-state index in [1.54, 1.807) is 24.4 Å². The Morgan fingerprint density at radius 2 is 2.17 bits per heavy atom. The summed E-state index contributed by atoms with van der Waals surface area (Å²) in [6.45, 7) is 2.11. The topological polar surface area (TPSA) is 61.7 Å². The maximum absolute atomic E-state index is 9.25. The molecule has 0 aliphatic rings. The zero-order valence-electron chi connectivity index (χ0n) is 12.7. The lowest BCUT2D eigenvalue weighted by Gasteiger charge is -2.20. The number of benzene rings is 2. The highest BCUT2D eigenvalue weighted by molar-refractivity contribution is 6.30. The van der Waals surface area contributed by atoms with Crippen molar-refractivity contribution >= 4 is 22.5 Å². The average molecular weight is 326 g/mol. The van der Waals surface area contributed by atoms with Crippen molar-refractivity contribution in [3.8, 4) is 11.8 Å². The van der Waals surface area contributed by atoms with E-state index in [1.165, 1.54) is 0 Å². The number of nitrogens with zero attached hydrogens (tertiary/aromatic N) is 2. The van der Waals surface area contributed by atoms with Crippen LogP contribution < -0.4 is 4.74 Å². The van der Waals surface area contributed by atoms with Crippen LogP contribution >= 0.6 is 11.6 Å². The minimum atomic E-state index is -0.140. The van der Waals surface area contributed by atoms with Crippen molar-refractivity contribution in [1.29, 1.82) is 5.26 Å². The first kappa shape index (κ1) is 15.4. The van der Waals surface area contributed by atoms with Gasteiger partial charge in [0.25, 0.3) is 0 Å². The summed E-state index contributed by atoms with van der Waals surface area (Å²) >= 11 is 6.04. The van der Waals surface area contributed by atoms with E-state index in [0.717, 1.165) is 29.3 Å². The van der Waals surface area contributed by atoms with Crippen LogP contribution in [0.2, 0.25) is 5.02 Å². The van der Waals surface area contributed by atoms with Crippen molar-refractivity contribution in [3.63, 3.8) is 0 Å². The number of fused-ring (bicyclic) bond motifs is 1. The van der Waals surface area contributed by atoms with Crippen molar-refractivity contribution in [3.05, 3.63) is 58.7 Å². The van der Waals surface area contributed by atoms with Gasteiger partial charge in [-0.2, -0.15) is 10.4 Å². The second-order valence-corrected chi connectivity index (χ2v) is 5.80. The van der Waals surface area contributed by atoms with Crippen molar-refractivity contribution < 1.29 is 4.74 Å². The fraction of sp³-hybridized carbons (Fsp3) is 0.222. The van der Waals surface area contributed by atoms with Gasteiger partial charge in [0, 0.05) is 16.5 Å². The van der Waals surface area contributed by atoms with Crippen LogP contribution in [-0.2, 0) is 0 Å². The second kappa shape index (κ2) is 6.72. The summed E-state index contributed by atoms with van der Waals surface area (Å²) in [5.41, 5.74) is 2.50. The molecular formula is C18H16ClN3O. The number of ether oxygens (including phenoxy) is 1. The lowest BCUT2D eigenvalue weighted by Crippen LogP contribution is -2.08. The number of hydrogen-bond donors (Lipinski definition) is 1. The Morgan fingerprint density at radius 1 is 1.30 bits per heavy atom. The highest BCUT2D eigenvalue weighted by Crippen LogP contribution is 2.31. The molecule has 0 amide bonds. The van der Waals surface area contributed by atoms with Gasteiger partial charge in [0.05, 0.1) is 17.3 Å². The first-order valence-electron chi connectivity index (χ1n) is 7.50. The quantitative estimate of drug-likeness (QED) is 0.717. The number of H-pyrrole nitrogens is 1. The maximum Gasteiger partial charge on any atom is 0.139 e. The van der Waals surface area contributed by atoms with Gasteiger partial charge >= 0.3 is 0 Å². The second-order valence-electron chi connectivity index (χ2n) is 5.36. The number of halogens is 1. The minimum absolute atomic E-state index is 0.140. The molecule has 0 saturated carbocycles. The Hall–Kier alpha value is -2.51. The molecule has 0 saturated heterocycles. The van der Waals surface area contributed by atoms with Crippen molar-refractivity contribution in [2.45, 2.75) is 25.9 Å². The molecule has 0 radical (unpaired) electrons. The molecule has 3 aromatic rings. The molecule has 116 valence electrons. The van der Waals surface area contributed by atoms with Gasteiger partial charge in [0.2, 0.25) is 0 Å². The molecule has 0 aliphatic heterocycles. The third-order valence-electron chi connectivity index (χ3n) is 3.72. The lowest BCUT2D eigenvalue weighted by molar-refractivity contribution is 0.193. The number of nitriles is 1. The summed E-state index contributed by atoms with van der Waals surface area (Å²) in [6.07, 6.45) is 3.46. The zero-order valence-corrected chi connectivity index (χ0v) is 13.5. The summed E-state index contributed by atoms with van der Waals surface area (Å²) in [5, 5.41) is 17.9. The largest absolute Gasteiger partial charge is 0.484 e. The summed E-state index contributed by atoms with van der Waals surface area (Å²) in [7, 11) is 0. The molecule has 5 heteroatoms. The lowest BCUT2D eigenvalue weighted by atomic mass is 10.0. The van der Waals surface area contributed by atoms with Gasteiger partial charge in [-0.25, -0.2) is 0 Å². The van der Waals surface area contributed by atoms with Gasteiger partial charge in [-0.3, -0.25) is 5.10 Å². The van der Waals surface area contributed by atoms with Gasteiger partial charge in [-0.1, -0.05) is 37.1 Å². The molecule has 1 heterocycles. The summed E-state index contributed by atoms with van der Waals surface area (Å²) in [6, 6.07) is 13.3. The Morgan fingerprint density at radius 3 is 2.96 bits per heavy atom. The highest BCUT2D eigenvalue weighted by Gasteiger charge is 2.16. The molecule has 23 heavy (non-hydrogen) atoms. The molecular weight excluding hydrogens is 310 g/mol. The van der Waals surface area contributed by atoms with Crippen LogP contribution in [0.15, 0.2) is 42.6 Å². The summed E-state index contributed by atoms with van der Waals surface area (Å²) in [4.78, 5) is 0. The van der Waals surface area contributed by atoms with Crippen molar-refractivity contribution in [2.24, 2.45) is 0 Å². The van der Waals surface area contributed by atoms with Crippen LogP contribution in [0.5, 0.6) is 5.75 Å². The van der Waals surface area contributed by atoms with Gasteiger partial charge < -0.3 is 4.74 Å². The third-order valence-corrected chi connectivity index (χ3v) is 3.96. The predicted molar refractivity (Wildman–Crippen MR) is 90.5 cm³/mol. The smallest absolute Gasteiger partial charge is 0.139 e. The van der Waals surface area contributed by atoms with Crippen LogP contribution in [0, 0.1) is 11.3 Å². The molecule has 0 aliphatic carbocycles. The highest BCUT2D eigenvalue weighted by atomic mass is 35.5. The summed E-state index contributed by atoms with van der Waals surface area (Å²) in [5.74, 6) is 0.517. The first-order chi connectivity index (χ1) is 11.2. The number of rotatable bonds is 5. The van der Waals surface area contributed by atoms with E-state index < -0.39 is 0 Å². The van der Waals surface area contributed by atoms with E-state index in [2.05, 4.69) is 23.2 Å². The Labute approximate surface area is 139 Å². The maximum atomic E-state index is 9.25. The van der Waals surface area contributed by atoms with Gasteiger partial charge in [-0.15, -0.1) is 0 Å². The normalized spacial score (nSPS) is 12.0. The SMILES string of the molecule is CCCC(Oc1cc(Cl)ccc1C#N)c1ccc2cn[nH]c2c1. The monoisotopic (exact) mass is 325 g/mol. The predicted octanol–water partition coefficient (Wildman–Crippen LogP) is 5.01. The zero-order chi connectivity index (χ0) is 16.2. The molecule has 2 aromatic carbocycles. The molecule has 0 spiro atoms. The first-order valence-corrected chi connectivity index (χ1v) is 7.88. The molecule has 1 unspecified atom stereocenters. The number of hydrogen-bond acceptors (Lipinski definition) is 3. The van der Waals surface area contributed by atoms with E-state index >= 15 is 0 Å². The average Bonchev–Trinajstić information content (AvgIpc) is 3.02. The van der Waals surface area contributed by atoms with E-state index in [1.807, 2.05) is 18.2 Å². The van der Waals surface area contributed by atoms with Gasteiger partial charge in [0.15, 0.2) is 0 Å². The fourth-order valence-corrected chi connectivity index (χ4v) is 2.71. The summed E-state index contributed by atoms with van der Waals surface area (Å²) < 4.78 is 6.13. The molecule has 0 fully saturated rings. The fourth-order valence-electron chi connectivity index (χ4n) is 2.55. The van der Waals surface area contributed by atoms with Crippen molar-refractivity contribution in [2.75, 3.05) is 0 Å². The van der Waals surface area contributed by atoms with Crippen LogP contribution in [0.4, 0.5) is 0 Å². The third kappa shape index (κ3) is 3.30. The van der Waals surface area contributed by atoms with Crippen LogP contribution in [0.3, 0.4) is 0 Å². The van der Waals surface area contributed by atoms with Crippen LogP contribution in [0.25, 0.3) is 10.9 Å².